The van der Waals surface area contributed by atoms with Crippen LogP contribution < -0.4 is 4.90 Å². The maximum Gasteiger partial charge on any atom is 0.285 e. The lowest BCUT2D eigenvalue weighted by Gasteiger charge is -2.51. The quantitative estimate of drug-likeness (QED) is 0.575. The van der Waals surface area contributed by atoms with E-state index in [-0.39, 0.29) is 0 Å². The number of rotatable bonds is 3. The molecule has 2 aliphatic rings. The Morgan fingerprint density at radius 3 is 1.50 bits per heavy atom. The van der Waals surface area contributed by atoms with Crippen LogP contribution in [0.25, 0.3) is 0 Å². The minimum absolute atomic E-state index is 0.369. The van der Waals surface area contributed by atoms with E-state index in [4.69, 9.17) is 0 Å². The zero-order chi connectivity index (χ0) is 22.6. The lowest BCUT2D eigenvalue weighted by molar-refractivity contribution is -0.184. The molecule has 6 heteroatoms. The average molecular weight is 408 g/mol. The summed E-state index contributed by atoms with van der Waals surface area (Å²) in [4.78, 5) is 50.3. The SMILES string of the molecule is CC.CC.Cc1ccc(Cc2ccc(N3C(=O)C4(C(=O)N(C)C4=O)C3=O)cc2)cc1. The van der Waals surface area contributed by atoms with Gasteiger partial charge in [0.25, 0.3) is 29.0 Å². The molecule has 6 nitrogen and oxygen atoms in total. The Hall–Kier alpha value is -3.28. The van der Waals surface area contributed by atoms with Crippen molar-refractivity contribution in [2.45, 2.75) is 41.0 Å². The molecule has 2 fully saturated rings. The summed E-state index contributed by atoms with van der Waals surface area (Å²) in [6, 6.07) is 15.2. The van der Waals surface area contributed by atoms with Gasteiger partial charge in [0.15, 0.2) is 0 Å². The molecular formula is C24H28N2O4. The van der Waals surface area contributed by atoms with Gasteiger partial charge in [-0.05, 0) is 36.6 Å². The second-order valence-electron chi connectivity index (χ2n) is 6.69. The Morgan fingerprint density at radius 1 is 0.667 bits per heavy atom. The number of carbonyl (C=O) groups is 4. The molecule has 2 aromatic carbocycles. The predicted octanol–water partition coefficient (Wildman–Crippen LogP) is 3.50. The minimum atomic E-state index is -2.12. The molecule has 0 radical (unpaired) electrons. The Morgan fingerprint density at radius 2 is 1.07 bits per heavy atom. The van der Waals surface area contributed by atoms with Crippen molar-refractivity contribution in [1.29, 1.82) is 0 Å². The number of carbonyl (C=O) groups excluding carboxylic acids is 4. The van der Waals surface area contributed by atoms with E-state index < -0.39 is 29.0 Å². The first-order valence-electron chi connectivity index (χ1n) is 10.2. The summed E-state index contributed by atoms with van der Waals surface area (Å²) in [5.41, 5.74) is 1.64. The van der Waals surface area contributed by atoms with Crippen LogP contribution in [0.2, 0.25) is 0 Å². The van der Waals surface area contributed by atoms with Gasteiger partial charge < -0.3 is 0 Å². The molecule has 0 atom stereocenters. The fraction of sp³-hybridized carbons (Fsp3) is 0.333. The molecule has 4 amide bonds. The minimum Gasteiger partial charge on any atom is -0.282 e. The van der Waals surface area contributed by atoms with Gasteiger partial charge in [-0.15, -0.1) is 0 Å². The van der Waals surface area contributed by atoms with Crippen molar-refractivity contribution in [3.05, 3.63) is 65.2 Å². The van der Waals surface area contributed by atoms with E-state index in [1.54, 1.807) is 12.1 Å². The third kappa shape index (κ3) is 3.32. The zero-order valence-electron chi connectivity index (χ0n) is 18.4. The Labute approximate surface area is 177 Å². The fourth-order valence-corrected chi connectivity index (χ4v) is 3.40. The molecule has 158 valence electrons. The lowest BCUT2D eigenvalue weighted by Crippen LogP contribution is -2.83. The van der Waals surface area contributed by atoms with E-state index >= 15 is 0 Å². The van der Waals surface area contributed by atoms with Crippen LogP contribution in [0.4, 0.5) is 5.69 Å². The van der Waals surface area contributed by atoms with Crippen LogP contribution in [0.1, 0.15) is 44.4 Å². The van der Waals surface area contributed by atoms with Gasteiger partial charge in [-0.25, -0.2) is 4.90 Å². The van der Waals surface area contributed by atoms with Crippen molar-refractivity contribution in [2.75, 3.05) is 11.9 Å². The highest BCUT2D eigenvalue weighted by Gasteiger charge is 2.79. The number of anilines is 1. The van der Waals surface area contributed by atoms with Crippen LogP contribution in [-0.4, -0.2) is 35.6 Å². The predicted molar refractivity (Wildman–Crippen MR) is 116 cm³/mol. The number of imide groups is 2. The molecule has 1 spiro atoms. The van der Waals surface area contributed by atoms with Crippen LogP contribution in [0.5, 0.6) is 0 Å². The van der Waals surface area contributed by atoms with Crippen molar-refractivity contribution in [3.8, 4) is 0 Å². The number of amides is 4. The number of likely N-dealkylation sites (tertiary alicyclic amines) is 1. The third-order valence-electron chi connectivity index (χ3n) is 5.02. The van der Waals surface area contributed by atoms with Crippen LogP contribution in [0, 0.1) is 12.3 Å². The molecule has 0 N–H and O–H groups in total. The topological polar surface area (TPSA) is 74.8 Å². The standard InChI is InChI=1S/C20H16N2O4.2C2H6/c1-12-3-5-13(6-4-12)11-14-7-9-15(10-8-14)22-18(25)20(19(22)26)16(23)21(2)17(20)24;2*1-2/h3-10H,11H2,1-2H3;2*1-2H3. The van der Waals surface area contributed by atoms with Crippen molar-refractivity contribution < 1.29 is 19.2 Å². The molecule has 0 saturated carbocycles. The van der Waals surface area contributed by atoms with E-state index in [9.17, 15) is 19.2 Å². The highest BCUT2D eigenvalue weighted by molar-refractivity contribution is 6.59. The van der Waals surface area contributed by atoms with Crippen molar-refractivity contribution in [1.82, 2.24) is 4.90 Å². The summed E-state index contributed by atoms with van der Waals surface area (Å²) in [5.74, 6) is -3.02. The highest BCUT2D eigenvalue weighted by atomic mass is 16.2. The van der Waals surface area contributed by atoms with E-state index in [0.29, 0.717) is 5.69 Å². The summed E-state index contributed by atoms with van der Waals surface area (Å²) in [5, 5.41) is 0. The maximum absolute atomic E-state index is 12.4. The maximum atomic E-state index is 12.4. The fourth-order valence-electron chi connectivity index (χ4n) is 3.40. The Bertz CT molecular complexity index is 928. The van der Waals surface area contributed by atoms with Gasteiger partial charge in [0, 0.05) is 7.05 Å². The largest absolute Gasteiger partial charge is 0.285 e. The normalized spacial score (nSPS) is 16.2. The molecule has 2 aliphatic heterocycles. The monoisotopic (exact) mass is 408 g/mol. The van der Waals surface area contributed by atoms with E-state index in [1.165, 1.54) is 12.6 Å². The first-order valence-corrected chi connectivity index (χ1v) is 10.2. The first-order chi connectivity index (χ1) is 14.4. The summed E-state index contributed by atoms with van der Waals surface area (Å²) in [7, 11) is 1.26. The number of benzene rings is 2. The summed E-state index contributed by atoms with van der Waals surface area (Å²) in [6.45, 7) is 10.0. The molecule has 0 aliphatic carbocycles. The molecule has 30 heavy (non-hydrogen) atoms. The number of aryl methyl sites for hydroxylation is 1. The summed E-state index contributed by atoms with van der Waals surface area (Å²) >= 11 is 0. The van der Waals surface area contributed by atoms with Crippen molar-refractivity contribution >= 4 is 29.3 Å². The van der Waals surface area contributed by atoms with Gasteiger partial charge in [0.1, 0.15) is 0 Å². The second-order valence-corrected chi connectivity index (χ2v) is 6.69. The number of nitrogens with zero attached hydrogens (tertiary/aromatic N) is 2. The van der Waals surface area contributed by atoms with Gasteiger partial charge in [-0.3, -0.25) is 24.1 Å². The number of hydrogen-bond donors (Lipinski definition) is 0. The van der Waals surface area contributed by atoms with Crippen LogP contribution in [-0.2, 0) is 25.6 Å². The van der Waals surface area contributed by atoms with Crippen LogP contribution in [0.15, 0.2) is 48.5 Å². The zero-order valence-corrected chi connectivity index (χ0v) is 18.4. The Kier molecular flexibility index (Phi) is 6.92. The van der Waals surface area contributed by atoms with E-state index in [1.807, 2.05) is 58.9 Å². The molecule has 4 rings (SSSR count). The molecule has 2 aromatic rings. The molecule has 0 unspecified atom stereocenters. The van der Waals surface area contributed by atoms with Crippen molar-refractivity contribution in [2.24, 2.45) is 5.41 Å². The van der Waals surface area contributed by atoms with E-state index in [0.717, 1.165) is 27.3 Å². The third-order valence-corrected chi connectivity index (χ3v) is 5.02. The highest BCUT2D eigenvalue weighted by Crippen LogP contribution is 2.46. The number of hydrogen-bond acceptors (Lipinski definition) is 4. The van der Waals surface area contributed by atoms with E-state index in [2.05, 4.69) is 12.1 Å². The Balaban J connectivity index is 0.000000757. The summed E-state index contributed by atoms with van der Waals surface area (Å²) in [6.07, 6.45) is 0.730. The molecule has 0 bridgehead atoms. The van der Waals surface area contributed by atoms with Gasteiger partial charge in [0.05, 0.1) is 5.69 Å². The average Bonchev–Trinajstić information content (AvgIpc) is 2.79. The lowest BCUT2D eigenvalue weighted by atomic mass is 9.69. The second kappa shape index (κ2) is 9.03. The van der Waals surface area contributed by atoms with Gasteiger partial charge in [0.2, 0.25) is 0 Å². The van der Waals surface area contributed by atoms with Gasteiger partial charge >= 0.3 is 0 Å². The van der Waals surface area contributed by atoms with Crippen LogP contribution >= 0.6 is 0 Å². The number of β-lactam (4-membered cyclic amide) rings is 4. The first kappa shape index (κ1) is 23.0. The molecule has 2 saturated heterocycles. The molecule has 2 heterocycles. The summed E-state index contributed by atoms with van der Waals surface area (Å²) < 4.78 is 0. The molecule has 0 aromatic heterocycles. The molecular weight excluding hydrogens is 380 g/mol. The smallest absolute Gasteiger partial charge is 0.282 e. The van der Waals surface area contributed by atoms with Crippen LogP contribution in [0.3, 0.4) is 0 Å². The van der Waals surface area contributed by atoms with Gasteiger partial charge in [-0.1, -0.05) is 69.7 Å². The van der Waals surface area contributed by atoms with Crippen molar-refractivity contribution in [3.63, 3.8) is 0 Å². The van der Waals surface area contributed by atoms with Gasteiger partial charge in [-0.2, -0.15) is 0 Å².